The zero-order valence-corrected chi connectivity index (χ0v) is 19.6. The molecule has 182 valence electrons. The maximum absolute atomic E-state index is 13.3. The normalized spacial score (nSPS) is 11.8. The maximum atomic E-state index is 13.3. The number of hydrogen-bond acceptors (Lipinski definition) is 4. The number of primary amides is 1. The molecule has 5 N–H and O–H groups in total. The minimum absolute atomic E-state index is 0. The molecule has 7 heteroatoms. The van der Waals surface area contributed by atoms with Crippen LogP contribution in [0.25, 0.3) is 22.0 Å². The van der Waals surface area contributed by atoms with Gasteiger partial charge in [0.25, 0.3) is 5.91 Å². The number of H-pyrrole nitrogens is 1. The monoisotopic (exact) mass is 473 g/mol. The Bertz CT molecular complexity index is 1330. The van der Waals surface area contributed by atoms with Crippen molar-refractivity contribution < 1.29 is 20.9 Å². The number of aliphatic hydroxyl groups excluding tert-OH is 1. The smallest absolute Gasteiger partial charge is 0.255 e. The van der Waals surface area contributed by atoms with E-state index in [0.717, 1.165) is 34.0 Å². The van der Waals surface area contributed by atoms with Gasteiger partial charge in [0.1, 0.15) is 5.75 Å². The molecule has 0 aliphatic rings. The molecular weight excluding hydrogens is 442 g/mol. The van der Waals surface area contributed by atoms with E-state index >= 15 is 0 Å². The number of nitrogens with one attached hydrogen (secondary N) is 2. The van der Waals surface area contributed by atoms with Crippen molar-refractivity contribution in [3.8, 4) is 16.9 Å². The van der Waals surface area contributed by atoms with Gasteiger partial charge in [0, 0.05) is 24.1 Å². The van der Waals surface area contributed by atoms with Crippen molar-refractivity contribution in [1.29, 1.82) is 0 Å². The van der Waals surface area contributed by atoms with Gasteiger partial charge in [0.15, 0.2) is 0 Å². The van der Waals surface area contributed by atoms with E-state index in [9.17, 15) is 14.7 Å². The van der Waals surface area contributed by atoms with E-state index in [0.29, 0.717) is 29.9 Å². The number of carbonyl (C=O) groups is 2. The van der Waals surface area contributed by atoms with Gasteiger partial charge in [-0.2, -0.15) is 0 Å². The zero-order chi connectivity index (χ0) is 24.8. The van der Waals surface area contributed by atoms with Crippen molar-refractivity contribution in [2.24, 2.45) is 5.73 Å². The van der Waals surface area contributed by atoms with Gasteiger partial charge in [-0.15, -0.1) is 0 Å². The van der Waals surface area contributed by atoms with Crippen LogP contribution in [0.1, 0.15) is 41.1 Å². The fraction of sp³-hybridized carbons (Fsp3) is 0.214. The van der Waals surface area contributed by atoms with E-state index in [4.69, 9.17) is 10.5 Å². The van der Waals surface area contributed by atoms with Crippen molar-refractivity contribution >= 4 is 22.7 Å². The van der Waals surface area contributed by atoms with Gasteiger partial charge in [0.2, 0.25) is 5.91 Å². The third kappa shape index (κ3) is 5.53. The second kappa shape index (κ2) is 10.9. The van der Waals surface area contributed by atoms with E-state index in [-0.39, 0.29) is 13.9 Å². The second-order valence-corrected chi connectivity index (χ2v) is 8.42. The molecule has 1 atom stereocenters. The summed E-state index contributed by atoms with van der Waals surface area (Å²) in [5.41, 5.74) is 9.80. The Morgan fingerprint density at radius 2 is 1.83 bits per heavy atom. The molecule has 0 unspecified atom stereocenters. The Balaban J connectivity index is 0.00000361. The highest BCUT2D eigenvalue weighted by atomic mass is 16.5. The van der Waals surface area contributed by atoms with Crippen LogP contribution in [0.4, 0.5) is 0 Å². The molecule has 0 fully saturated rings. The number of ether oxygens (including phenoxy) is 1. The van der Waals surface area contributed by atoms with Gasteiger partial charge in [-0.05, 0) is 59.9 Å². The van der Waals surface area contributed by atoms with Crippen LogP contribution in [0.3, 0.4) is 0 Å². The number of aromatic amines is 1. The minimum Gasteiger partial charge on any atom is -0.493 e. The summed E-state index contributed by atoms with van der Waals surface area (Å²) >= 11 is 0. The Kier molecular flexibility index (Phi) is 7.48. The fourth-order valence-corrected chi connectivity index (χ4v) is 4.04. The molecule has 1 aromatic heterocycles. The number of nitrogens with two attached hydrogens (primary N) is 1. The predicted octanol–water partition coefficient (Wildman–Crippen LogP) is 4.30. The van der Waals surface area contributed by atoms with E-state index in [2.05, 4.69) is 10.3 Å². The first kappa shape index (κ1) is 24.0. The van der Waals surface area contributed by atoms with Crippen molar-refractivity contribution in [3.05, 3.63) is 89.6 Å². The molecule has 0 radical (unpaired) electrons. The molecule has 1 heterocycles. The summed E-state index contributed by atoms with van der Waals surface area (Å²) in [5.74, 6) is -0.346. The lowest BCUT2D eigenvalue weighted by Crippen LogP contribution is -2.39. The molecule has 0 aliphatic heterocycles. The number of para-hydroxylation sites is 1. The average Bonchev–Trinajstić information content (AvgIpc) is 3.29. The quantitative estimate of drug-likeness (QED) is 0.275. The third-order valence-corrected chi connectivity index (χ3v) is 5.89. The Labute approximate surface area is 205 Å². The van der Waals surface area contributed by atoms with Gasteiger partial charge in [-0.3, -0.25) is 9.59 Å². The molecule has 2 amide bonds. The Hall–Kier alpha value is -4.10. The second-order valence-electron chi connectivity index (χ2n) is 8.42. The SMILES string of the molecule is CCCOc1ccc(-c2ccc(C(N)=O)cc2)cc1C(=O)N[C@@H](CO)Cc1c[nH]c2ccccc12.[HH]. The summed E-state index contributed by atoms with van der Waals surface area (Å²) in [5, 5.41) is 14.0. The van der Waals surface area contributed by atoms with Gasteiger partial charge < -0.3 is 25.9 Å². The fourth-order valence-electron chi connectivity index (χ4n) is 4.04. The van der Waals surface area contributed by atoms with Crippen LogP contribution in [0.5, 0.6) is 5.75 Å². The van der Waals surface area contributed by atoms with Crippen LogP contribution in [0.2, 0.25) is 0 Å². The highest BCUT2D eigenvalue weighted by Crippen LogP contribution is 2.28. The lowest BCUT2D eigenvalue weighted by molar-refractivity contribution is 0.0912. The molecule has 4 aromatic rings. The topological polar surface area (TPSA) is 117 Å². The molecule has 0 spiro atoms. The zero-order valence-electron chi connectivity index (χ0n) is 19.6. The summed E-state index contributed by atoms with van der Waals surface area (Å²) in [6.07, 6.45) is 3.19. The number of carbonyl (C=O) groups excluding carboxylic acids is 2. The first-order valence-corrected chi connectivity index (χ1v) is 11.6. The lowest BCUT2D eigenvalue weighted by Gasteiger charge is -2.18. The van der Waals surface area contributed by atoms with E-state index in [1.165, 1.54) is 0 Å². The number of rotatable bonds is 10. The lowest BCUT2D eigenvalue weighted by atomic mass is 10.00. The summed E-state index contributed by atoms with van der Waals surface area (Å²) in [6.45, 7) is 2.27. The van der Waals surface area contributed by atoms with Crippen LogP contribution < -0.4 is 15.8 Å². The molecule has 7 nitrogen and oxygen atoms in total. The van der Waals surface area contributed by atoms with Crippen LogP contribution in [0.15, 0.2) is 72.9 Å². The number of fused-ring (bicyclic) bond motifs is 1. The minimum atomic E-state index is -0.495. The van der Waals surface area contributed by atoms with Crippen molar-refractivity contribution in [1.82, 2.24) is 10.3 Å². The van der Waals surface area contributed by atoms with Crippen LogP contribution in [0, 0.1) is 0 Å². The number of aliphatic hydroxyl groups is 1. The molecule has 0 saturated carbocycles. The summed E-state index contributed by atoms with van der Waals surface area (Å²) in [4.78, 5) is 28.0. The average molecular weight is 474 g/mol. The molecule has 0 aliphatic carbocycles. The van der Waals surface area contributed by atoms with Crippen molar-refractivity contribution in [3.63, 3.8) is 0 Å². The number of benzene rings is 3. The van der Waals surface area contributed by atoms with Gasteiger partial charge in [-0.1, -0.05) is 43.3 Å². The van der Waals surface area contributed by atoms with E-state index in [1.807, 2.05) is 43.5 Å². The van der Waals surface area contributed by atoms with Gasteiger partial charge >= 0.3 is 0 Å². The standard InChI is InChI=1S/C28H29N3O4.H2/c1-2-13-35-26-12-11-20(18-7-9-19(10-8-18)27(29)33)15-24(26)28(34)31-22(17-32)14-21-16-30-25-6-4-3-5-23(21)25;/h3-12,15-16,22,30,32H,2,13-14,17H2,1H3,(H2,29,33)(H,31,34);1H/t22-;/m1./s1. The predicted molar refractivity (Wildman–Crippen MR) is 139 cm³/mol. The van der Waals surface area contributed by atoms with E-state index < -0.39 is 11.9 Å². The molecule has 35 heavy (non-hydrogen) atoms. The molecular formula is C28H31N3O4. The molecule has 3 aromatic carbocycles. The number of hydrogen-bond donors (Lipinski definition) is 4. The summed E-state index contributed by atoms with van der Waals surface area (Å²) in [6, 6.07) is 19.7. The van der Waals surface area contributed by atoms with Crippen LogP contribution >= 0.6 is 0 Å². The molecule has 0 saturated heterocycles. The van der Waals surface area contributed by atoms with Gasteiger partial charge in [-0.25, -0.2) is 0 Å². The first-order chi connectivity index (χ1) is 17.0. The Morgan fingerprint density at radius 3 is 2.54 bits per heavy atom. The maximum Gasteiger partial charge on any atom is 0.255 e. The van der Waals surface area contributed by atoms with Crippen molar-refractivity contribution in [2.75, 3.05) is 13.2 Å². The molecule has 0 bridgehead atoms. The highest BCUT2D eigenvalue weighted by Gasteiger charge is 2.19. The van der Waals surface area contributed by atoms with Gasteiger partial charge in [0.05, 0.1) is 24.8 Å². The van der Waals surface area contributed by atoms with Crippen molar-refractivity contribution in [2.45, 2.75) is 25.8 Å². The van der Waals surface area contributed by atoms with E-state index in [1.54, 1.807) is 36.4 Å². The largest absolute Gasteiger partial charge is 0.493 e. The summed E-state index contributed by atoms with van der Waals surface area (Å²) < 4.78 is 5.84. The number of aromatic nitrogens is 1. The van der Waals surface area contributed by atoms with Crippen LogP contribution in [-0.4, -0.2) is 41.2 Å². The molecule has 4 rings (SSSR count). The first-order valence-electron chi connectivity index (χ1n) is 11.6. The summed E-state index contributed by atoms with van der Waals surface area (Å²) in [7, 11) is 0. The number of amides is 2. The van der Waals surface area contributed by atoms with Crippen LogP contribution in [-0.2, 0) is 6.42 Å². The Morgan fingerprint density at radius 1 is 1.09 bits per heavy atom. The highest BCUT2D eigenvalue weighted by molar-refractivity contribution is 5.99. The third-order valence-electron chi connectivity index (χ3n) is 5.89.